The van der Waals surface area contributed by atoms with E-state index >= 15 is 0 Å². The van der Waals surface area contributed by atoms with Gasteiger partial charge in [0.05, 0.1) is 29.2 Å². The van der Waals surface area contributed by atoms with Crippen LogP contribution < -0.4 is 5.32 Å². The molecule has 0 fully saturated rings. The number of amides is 1. The standard InChI is InChI=1S/C22H20F2N4O4S2/c1-13-27-28-19(32-13)12-25-21(29)20(34(30,31)9-5-8-23)22-26-17-11-16(24)15(10-18(17)33-22)14-6-3-2-4-7-14/h2-4,6-7,10-11,20H,5,8-9,12H2,1H3,(H,25,29). The van der Waals surface area contributed by atoms with E-state index in [2.05, 4.69) is 20.5 Å². The molecule has 0 saturated heterocycles. The number of halogens is 2. The van der Waals surface area contributed by atoms with Gasteiger partial charge in [0, 0.05) is 18.6 Å². The molecule has 0 aliphatic carbocycles. The summed E-state index contributed by atoms with van der Waals surface area (Å²) in [6, 6.07) is 11.7. The van der Waals surface area contributed by atoms with Crippen LogP contribution in [-0.4, -0.2) is 41.9 Å². The zero-order valence-electron chi connectivity index (χ0n) is 18.0. The van der Waals surface area contributed by atoms with Crippen LogP contribution in [0.5, 0.6) is 0 Å². The molecule has 12 heteroatoms. The lowest BCUT2D eigenvalue weighted by molar-refractivity contribution is -0.121. The molecule has 0 saturated carbocycles. The summed E-state index contributed by atoms with van der Waals surface area (Å²) in [7, 11) is -4.12. The topological polar surface area (TPSA) is 115 Å². The number of alkyl halides is 1. The Morgan fingerprint density at radius 1 is 1.21 bits per heavy atom. The molecular formula is C22H20F2N4O4S2. The van der Waals surface area contributed by atoms with E-state index in [9.17, 15) is 22.0 Å². The Kier molecular flexibility index (Phi) is 6.98. The van der Waals surface area contributed by atoms with Gasteiger partial charge >= 0.3 is 0 Å². The number of aromatic nitrogens is 3. The monoisotopic (exact) mass is 506 g/mol. The first-order valence-electron chi connectivity index (χ1n) is 10.3. The highest BCUT2D eigenvalue weighted by atomic mass is 32.2. The SMILES string of the molecule is Cc1nnc(CNC(=O)C(c2nc3cc(F)c(-c4ccccc4)cc3s2)S(=O)(=O)CCCF)o1. The van der Waals surface area contributed by atoms with Crippen molar-refractivity contribution >= 4 is 37.3 Å². The summed E-state index contributed by atoms with van der Waals surface area (Å²) in [6.07, 6.45) is -0.257. The molecular weight excluding hydrogens is 486 g/mol. The summed E-state index contributed by atoms with van der Waals surface area (Å²) in [5.41, 5.74) is 1.20. The van der Waals surface area contributed by atoms with Gasteiger partial charge in [0.1, 0.15) is 10.8 Å². The second-order valence-corrected chi connectivity index (χ2v) is 10.7. The maximum absolute atomic E-state index is 14.8. The van der Waals surface area contributed by atoms with Gasteiger partial charge in [0.2, 0.25) is 17.7 Å². The van der Waals surface area contributed by atoms with E-state index in [4.69, 9.17) is 4.42 Å². The second kappa shape index (κ2) is 9.94. The van der Waals surface area contributed by atoms with E-state index in [0.717, 1.165) is 11.3 Å². The summed E-state index contributed by atoms with van der Waals surface area (Å²) < 4.78 is 59.2. The summed E-state index contributed by atoms with van der Waals surface area (Å²) in [6.45, 7) is 0.541. The van der Waals surface area contributed by atoms with Crippen LogP contribution in [0.15, 0.2) is 46.9 Å². The zero-order chi connectivity index (χ0) is 24.3. The molecule has 2 heterocycles. The molecule has 34 heavy (non-hydrogen) atoms. The Bertz CT molecular complexity index is 1420. The number of carbonyl (C=O) groups is 1. The number of sulfone groups is 1. The largest absolute Gasteiger partial charge is 0.424 e. The predicted octanol–water partition coefficient (Wildman–Crippen LogP) is 3.93. The number of thiazole rings is 1. The third-order valence-electron chi connectivity index (χ3n) is 4.94. The van der Waals surface area contributed by atoms with Crippen LogP contribution >= 0.6 is 11.3 Å². The number of hydrogen-bond donors (Lipinski definition) is 1. The number of aryl methyl sites for hydroxylation is 1. The zero-order valence-corrected chi connectivity index (χ0v) is 19.6. The maximum atomic E-state index is 14.8. The molecule has 0 bridgehead atoms. The lowest BCUT2D eigenvalue weighted by Crippen LogP contribution is -2.34. The number of fused-ring (bicyclic) bond motifs is 1. The molecule has 1 atom stereocenters. The van der Waals surface area contributed by atoms with E-state index in [-0.39, 0.29) is 29.4 Å². The van der Waals surface area contributed by atoms with Crippen molar-refractivity contribution in [2.75, 3.05) is 12.4 Å². The van der Waals surface area contributed by atoms with Gasteiger partial charge in [-0.3, -0.25) is 9.18 Å². The maximum Gasteiger partial charge on any atom is 0.245 e. The van der Waals surface area contributed by atoms with Crippen molar-refractivity contribution < 1.29 is 26.4 Å². The Balaban J connectivity index is 1.71. The molecule has 178 valence electrons. The fourth-order valence-corrected chi connectivity index (χ4v) is 6.45. The lowest BCUT2D eigenvalue weighted by Gasteiger charge is -2.14. The minimum Gasteiger partial charge on any atom is -0.424 e. The van der Waals surface area contributed by atoms with Gasteiger partial charge in [-0.2, -0.15) is 0 Å². The van der Waals surface area contributed by atoms with Crippen LogP contribution in [0.3, 0.4) is 0 Å². The van der Waals surface area contributed by atoms with E-state index in [0.29, 0.717) is 21.7 Å². The van der Waals surface area contributed by atoms with Crippen molar-refractivity contribution in [2.24, 2.45) is 0 Å². The summed E-state index contributed by atoms with van der Waals surface area (Å²) >= 11 is 0.974. The van der Waals surface area contributed by atoms with Crippen molar-refractivity contribution in [1.29, 1.82) is 0 Å². The highest BCUT2D eigenvalue weighted by molar-refractivity contribution is 7.92. The van der Waals surface area contributed by atoms with Gasteiger partial charge in [-0.1, -0.05) is 30.3 Å². The average Bonchev–Trinajstić information content (AvgIpc) is 3.41. The van der Waals surface area contributed by atoms with Crippen molar-refractivity contribution in [3.8, 4) is 11.1 Å². The first-order chi connectivity index (χ1) is 16.3. The Morgan fingerprint density at radius 3 is 2.65 bits per heavy atom. The molecule has 2 aromatic heterocycles. The third kappa shape index (κ3) is 5.12. The van der Waals surface area contributed by atoms with Crippen LogP contribution in [0.2, 0.25) is 0 Å². The van der Waals surface area contributed by atoms with Crippen molar-refractivity contribution in [3.63, 3.8) is 0 Å². The number of carbonyl (C=O) groups excluding carboxylic acids is 1. The molecule has 4 aromatic rings. The number of nitrogens with one attached hydrogen (secondary N) is 1. The second-order valence-electron chi connectivity index (χ2n) is 7.44. The quantitative estimate of drug-likeness (QED) is 0.366. The Labute approximate surface area is 198 Å². The number of nitrogens with zero attached hydrogens (tertiary/aromatic N) is 3. The first-order valence-corrected chi connectivity index (χ1v) is 12.8. The van der Waals surface area contributed by atoms with Crippen LogP contribution in [0.25, 0.3) is 21.3 Å². The fraction of sp³-hybridized carbons (Fsp3) is 0.273. The minimum absolute atomic E-state index is 0.0299. The molecule has 4 rings (SSSR count). The van der Waals surface area contributed by atoms with Crippen LogP contribution in [0.4, 0.5) is 8.78 Å². The molecule has 1 unspecified atom stereocenters. The molecule has 0 spiro atoms. The van der Waals surface area contributed by atoms with Gasteiger partial charge in [0.25, 0.3) is 0 Å². The smallest absolute Gasteiger partial charge is 0.245 e. The van der Waals surface area contributed by atoms with Crippen molar-refractivity contribution in [1.82, 2.24) is 20.5 Å². The predicted molar refractivity (Wildman–Crippen MR) is 123 cm³/mol. The van der Waals surface area contributed by atoms with Crippen LogP contribution in [0, 0.1) is 12.7 Å². The molecule has 2 aromatic carbocycles. The van der Waals surface area contributed by atoms with E-state index in [1.165, 1.54) is 6.07 Å². The van der Waals surface area contributed by atoms with Gasteiger partial charge < -0.3 is 9.73 Å². The van der Waals surface area contributed by atoms with E-state index < -0.39 is 39.2 Å². The normalized spacial score (nSPS) is 12.7. The average molecular weight is 507 g/mol. The lowest BCUT2D eigenvalue weighted by atomic mass is 10.1. The Morgan fingerprint density at radius 2 is 1.97 bits per heavy atom. The number of hydrogen-bond acceptors (Lipinski definition) is 8. The molecule has 0 aliphatic heterocycles. The van der Waals surface area contributed by atoms with Crippen LogP contribution in [0.1, 0.15) is 28.5 Å². The highest BCUT2D eigenvalue weighted by Crippen LogP contribution is 2.35. The summed E-state index contributed by atoms with van der Waals surface area (Å²) in [5, 5.41) is 8.16. The highest BCUT2D eigenvalue weighted by Gasteiger charge is 2.37. The number of rotatable bonds is 9. The third-order valence-corrected chi connectivity index (χ3v) is 8.19. The van der Waals surface area contributed by atoms with Crippen LogP contribution in [-0.2, 0) is 21.2 Å². The molecule has 1 N–H and O–H groups in total. The Hall–Kier alpha value is -3.25. The molecule has 0 radical (unpaired) electrons. The summed E-state index contributed by atoms with van der Waals surface area (Å²) in [5.74, 6) is -1.54. The molecule has 8 nitrogen and oxygen atoms in total. The van der Waals surface area contributed by atoms with E-state index in [1.807, 2.05) is 6.07 Å². The summed E-state index contributed by atoms with van der Waals surface area (Å²) in [4.78, 5) is 17.2. The number of benzene rings is 2. The fourth-order valence-electron chi connectivity index (χ4n) is 3.38. The van der Waals surface area contributed by atoms with Gasteiger partial charge in [-0.15, -0.1) is 21.5 Å². The molecule has 1 amide bonds. The first kappa shape index (κ1) is 23.9. The van der Waals surface area contributed by atoms with Gasteiger partial charge in [-0.05, 0) is 18.1 Å². The molecule has 0 aliphatic rings. The van der Waals surface area contributed by atoms with Gasteiger partial charge in [0.15, 0.2) is 15.1 Å². The minimum atomic E-state index is -4.12. The van der Waals surface area contributed by atoms with Gasteiger partial charge in [-0.25, -0.2) is 17.8 Å². The van der Waals surface area contributed by atoms with E-state index in [1.54, 1.807) is 37.3 Å². The van der Waals surface area contributed by atoms with Crippen molar-refractivity contribution in [2.45, 2.75) is 25.1 Å². The van der Waals surface area contributed by atoms with Crippen molar-refractivity contribution in [3.05, 3.63) is 65.1 Å².